The molecule has 1 rings (SSSR count). The Morgan fingerprint density at radius 2 is 2.29 bits per heavy atom. The van der Waals surface area contributed by atoms with E-state index in [1.807, 2.05) is 6.26 Å². The first-order valence-corrected chi connectivity index (χ1v) is 6.96. The molecule has 0 saturated heterocycles. The molecule has 0 aromatic heterocycles. The zero-order chi connectivity index (χ0) is 12.8. The molecule has 5 nitrogen and oxygen atoms in total. The van der Waals surface area contributed by atoms with Crippen molar-refractivity contribution in [2.45, 2.75) is 0 Å². The summed E-state index contributed by atoms with van der Waals surface area (Å²) in [5, 5.41) is 13.4. The molecule has 0 aliphatic heterocycles. The minimum Gasteiger partial charge on any atom is -0.351 e. The van der Waals surface area contributed by atoms with E-state index in [0.717, 1.165) is 5.75 Å². The van der Waals surface area contributed by atoms with Crippen LogP contribution >= 0.6 is 27.7 Å². The van der Waals surface area contributed by atoms with E-state index in [9.17, 15) is 14.9 Å². The Labute approximate surface area is 111 Å². The van der Waals surface area contributed by atoms with Crippen LogP contribution in [0.25, 0.3) is 0 Å². The number of hydrogen-bond acceptors (Lipinski definition) is 4. The van der Waals surface area contributed by atoms with Gasteiger partial charge in [-0.1, -0.05) is 0 Å². The van der Waals surface area contributed by atoms with Crippen LogP contribution in [-0.2, 0) is 0 Å². The van der Waals surface area contributed by atoms with E-state index < -0.39 is 4.92 Å². The molecule has 1 aromatic rings. The van der Waals surface area contributed by atoms with Crippen LogP contribution in [0, 0.1) is 10.1 Å². The summed E-state index contributed by atoms with van der Waals surface area (Å²) in [5.41, 5.74) is 0.184. The van der Waals surface area contributed by atoms with Gasteiger partial charge in [-0.05, 0) is 34.3 Å². The van der Waals surface area contributed by atoms with Gasteiger partial charge in [0.05, 0.1) is 9.40 Å². The first kappa shape index (κ1) is 14.0. The summed E-state index contributed by atoms with van der Waals surface area (Å²) < 4.78 is 0.364. The van der Waals surface area contributed by atoms with E-state index in [0.29, 0.717) is 16.6 Å². The molecule has 0 bridgehead atoms. The minimum absolute atomic E-state index is 0.109. The molecule has 0 radical (unpaired) electrons. The number of nitro groups is 1. The van der Waals surface area contributed by atoms with Gasteiger partial charge < -0.3 is 5.32 Å². The number of hydrogen-bond donors (Lipinski definition) is 1. The van der Waals surface area contributed by atoms with Crippen molar-refractivity contribution in [2.24, 2.45) is 0 Å². The third-order valence-electron chi connectivity index (χ3n) is 2.00. The van der Waals surface area contributed by atoms with Crippen LogP contribution in [0.2, 0.25) is 0 Å². The van der Waals surface area contributed by atoms with Gasteiger partial charge in [0.25, 0.3) is 11.6 Å². The number of benzene rings is 1. The molecule has 1 amide bonds. The van der Waals surface area contributed by atoms with Gasteiger partial charge in [0.15, 0.2) is 0 Å². The molecule has 0 fully saturated rings. The zero-order valence-electron chi connectivity index (χ0n) is 9.10. The smallest absolute Gasteiger partial charge is 0.284 e. The van der Waals surface area contributed by atoms with Gasteiger partial charge in [-0.2, -0.15) is 11.8 Å². The highest BCUT2D eigenvalue weighted by Crippen LogP contribution is 2.25. The average Bonchev–Trinajstić information content (AvgIpc) is 2.29. The Morgan fingerprint density at radius 1 is 1.59 bits per heavy atom. The second-order valence-electron chi connectivity index (χ2n) is 3.17. The third kappa shape index (κ3) is 4.01. The van der Waals surface area contributed by atoms with Crippen LogP contribution in [0.15, 0.2) is 22.7 Å². The summed E-state index contributed by atoms with van der Waals surface area (Å²) >= 11 is 4.69. The highest BCUT2D eigenvalue weighted by atomic mass is 79.9. The summed E-state index contributed by atoms with van der Waals surface area (Å²) in [4.78, 5) is 21.8. The fraction of sp³-hybridized carbons (Fsp3) is 0.300. The number of rotatable bonds is 5. The van der Waals surface area contributed by atoms with Crippen molar-refractivity contribution in [3.8, 4) is 0 Å². The van der Waals surface area contributed by atoms with Crippen molar-refractivity contribution < 1.29 is 9.72 Å². The standard InChI is InChI=1S/C10H11BrN2O3S/c1-17-5-4-12-10(14)7-2-3-8(11)9(6-7)13(15)16/h2-3,6H,4-5H2,1H3,(H,12,14). The predicted molar refractivity (Wildman–Crippen MR) is 71.5 cm³/mol. The van der Waals surface area contributed by atoms with Crippen molar-refractivity contribution in [1.82, 2.24) is 5.32 Å². The van der Waals surface area contributed by atoms with Crippen molar-refractivity contribution >= 4 is 39.3 Å². The SMILES string of the molecule is CSCCNC(=O)c1ccc(Br)c([N+](=O)[O-])c1. The lowest BCUT2D eigenvalue weighted by molar-refractivity contribution is -0.385. The quantitative estimate of drug-likeness (QED) is 0.514. The van der Waals surface area contributed by atoms with Crippen LogP contribution in [-0.4, -0.2) is 29.4 Å². The molecule has 7 heteroatoms. The Balaban J connectivity index is 2.81. The summed E-state index contributed by atoms with van der Waals surface area (Å²) in [6.07, 6.45) is 1.94. The highest BCUT2D eigenvalue weighted by molar-refractivity contribution is 9.10. The number of halogens is 1. The molecule has 0 saturated carbocycles. The Kier molecular flexibility index (Phi) is 5.43. The summed E-state index contributed by atoms with van der Waals surface area (Å²) in [6, 6.07) is 4.31. The van der Waals surface area contributed by atoms with E-state index in [-0.39, 0.29) is 11.6 Å². The molecule has 92 valence electrons. The van der Waals surface area contributed by atoms with Crippen molar-refractivity contribution in [3.63, 3.8) is 0 Å². The topological polar surface area (TPSA) is 72.2 Å². The van der Waals surface area contributed by atoms with Crippen LogP contribution in [0.3, 0.4) is 0 Å². The number of amides is 1. The van der Waals surface area contributed by atoms with Gasteiger partial charge in [-0.25, -0.2) is 0 Å². The van der Waals surface area contributed by atoms with E-state index in [1.54, 1.807) is 17.8 Å². The number of carbonyl (C=O) groups is 1. The minimum atomic E-state index is -0.525. The van der Waals surface area contributed by atoms with Gasteiger partial charge in [0, 0.05) is 23.9 Å². The van der Waals surface area contributed by atoms with Crippen LogP contribution in [0.1, 0.15) is 10.4 Å². The van der Waals surface area contributed by atoms with Crippen LogP contribution in [0.4, 0.5) is 5.69 Å². The molecule has 0 spiro atoms. The molecule has 17 heavy (non-hydrogen) atoms. The summed E-state index contributed by atoms with van der Waals surface area (Å²) in [5.74, 6) is 0.513. The van der Waals surface area contributed by atoms with Gasteiger partial charge >= 0.3 is 0 Å². The Hall–Kier alpha value is -1.08. The number of carbonyl (C=O) groups excluding carboxylic acids is 1. The maximum absolute atomic E-state index is 11.6. The molecule has 0 aliphatic carbocycles. The van der Waals surface area contributed by atoms with Crippen molar-refractivity contribution in [3.05, 3.63) is 38.3 Å². The van der Waals surface area contributed by atoms with E-state index in [2.05, 4.69) is 21.2 Å². The number of nitrogens with zero attached hydrogens (tertiary/aromatic N) is 1. The first-order valence-electron chi connectivity index (χ1n) is 4.77. The lowest BCUT2D eigenvalue weighted by Crippen LogP contribution is -2.25. The largest absolute Gasteiger partial charge is 0.351 e. The molecule has 0 unspecified atom stereocenters. The molecule has 0 heterocycles. The molecule has 1 N–H and O–H groups in total. The van der Waals surface area contributed by atoms with Crippen molar-refractivity contribution in [2.75, 3.05) is 18.6 Å². The molecule has 1 aromatic carbocycles. The van der Waals surface area contributed by atoms with Crippen LogP contribution < -0.4 is 5.32 Å². The zero-order valence-corrected chi connectivity index (χ0v) is 11.5. The van der Waals surface area contributed by atoms with Gasteiger partial charge in [0.1, 0.15) is 0 Å². The average molecular weight is 319 g/mol. The second kappa shape index (κ2) is 6.61. The normalized spacial score (nSPS) is 10.0. The Morgan fingerprint density at radius 3 is 2.88 bits per heavy atom. The lowest BCUT2D eigenvalue weighted by Gasteiger charge is -2.04. The molecule has 0 aliphatic rings. The molecular formula is C10H11BrN2O3S. The van der Waals surface area contributed by atoms with E-state index in [4.69, 9.17) is 0 Å². The number of nitrogens with one attached hydrogen (secondary N) is 1. The predicted octanol–water partition coefficient (Wildman–Crippen LogP) is 2.45. The van der Waals surface area contributed by atoms with Gasteiger partial charge in [-0.3, -0.25) is 14.9 Å². The van der Waals surface area contributed by atoms with E-state index in [1.165, 1.54) is 12.1 Å². The first-order chi connectivity index (χ1) is 8.06. The maximum Gasteiger partial charge on any atom is 0.284 e. The third-order valence-corrected chi connectivity index (χ3v) is 3.28. The monoisotopic (exact) mass is 318 g/mol. The Bertz CT molecular complexity index is 440. The van der Waals surface area contributed by atoms with E-state index >= 15 is 0 Å². The molecule has 0 atom stereocenters. The molecular weight excluding hydrogens is 308 g/mol. The summed E-state index contributed by atoms with van der Waals surface area (Å²) in [6.45, 7) is 0.545. The van der Waals surface area contributed by atoms with Crippen molar-refractivity contribution in [1.29, 1.82) is 0 Å². The second-order valence-corrected chi connectivity index (χ2v) is 5.01. The maximum atomic E-state index is 11.6. The van der Waals surface area contributed by atoms with Crippen LogP contribution in [0.5, 0.6) is 0 Å². The highest BCUT2D eigenvalue weighted by Gasteiger charge is 2.15. The fourth-order valence-corrected chi connectivity index (χ4v) is 1.86. The summed E-state index contributed by atoms with van der Waals surface area (Å²) in [7, 11) is 0. The van der Waals surface area contributed by atoms with Gasteiger partial charge in [0.2, 0.25) is 0 Å². The fourth-order valence-electron chi connectivity index (χ4n) is 1.16. The lowest BCUT2D eigenvalue weighted by atomic mass is 10.2. The van der Waals surface area contributed by atoms with Gasteiger partial charge in [-0.15, -0.1) is 0 Å². The number of nitro benzene ring substituents is 1. The number of thioether (sulfide) groups is 1.